The van der Waals surface area contributed by atoms with Crippen LogP contribution in [0.3, 0.4) is 0 Å². The molecule has 1 aromatic heterocycles. The van der Waals surface area contributed by atoms with Crippen LogP contribution in [0.1, 0.15) is 12.8 Å². The number of rotatable bonds is 3. The molecule has 1 aliphatic heterocycles. The first kappa shape index (κ1) is 15.8. The Kier molecular flexibility index (Phi) is 5.19. The van der Waals surface area contributed by atoms with E-state index in [2.05, 4.69) is 15.7 Å². The van der Waals surface area contributed by atoms with Crippen LogP contribution in [0.25, 0.3) is 0 Å². The van der Waals surface area contributed by atoms with Crippen LogP contribution < -0.4 is 10.6 Å². The number of nitrogens with one attached hydrogen (secondary N) is 2. The second-order valence-electron chi connectivity index (χ2n) is 4.15. The Balaban J connectivity index is 0.00000180. The van der Waals surface area contributed by atoms with Gasteiger partial charge in [0.25, 0.3) is 0 Å². The molecule has 5 nitrogen and oxygen atoms in total. The smallest absolute Gasteiger partial charge is 0.308 e. The minimum atomic E-state index is -4.32. The van der Waals surface area contributed by atoms with Crippen LogP contribution in [0, 0.1) is 0 Å². The van der Waals surface area contributed by atoms with Gasteiger partial charge >= 0.3 is 6.18 Å². The van der Waals surface area contributed by atoms with Gasteiger partial charge in [-0.1, -0.05) is 0 Å². The third kappa shape index (κ3) is 4.71. The number of nitrogens with zero attached hydrogens (tertiary/aromatic N) is 2. The molecular weight excluding hydrogens is 285 g/mol. The maximum atomic E-state index is 12.1. The SMILES string of the molecule is Cl.O=C(Nc1ccn(CC(F)(F)F)n1)C1CCCN1. The molecule has 0 bridgehead atoms. The van der Waals surface area contributed by atoms with Crippen molar-refractivity contribution in [1.82, 2.24) is 15.1 Å². The van der Waals surface area contributed by atoms with Crippen molar-refractivity contribution in [3.8, 4) is 0 Å². The summed E-state index contributed by atoms with van der Waals surface area (Å²) in [4.78, 5) is 11.7. The van der Waals surface area contributed by atoms with Crippen LogP contribution in [0.15, 0.2) is 12.3 Å². The Hall–Kier alpha value is -1.28. The zero-order valence-electron chi connectivity index (χ0n) is 9.91. The first-order valence-electron chi connectivity index (χ1n) is 5.58. The number of amides is 1. The Morgan fingerprint density at radius 2 is 2.32 bits per heavy atom. The summed E-state index contributed by atoms with van der Waals surface area (Å²) in [6, 6.07) is 1.07. The number of alkyl halides is 3. The molecule has 19 heavy (non-hydrogen) atoms. The van der Waals surface area contributed by atoms with Gasteiger partial charge in [-0.2, -0.15) is 18.3 Å². The van der Waals surface area contributed by atoms with E-state index in [0.29, 0.717) is 0 Å². The molecule has 0 spiro atoms. The zero-order chi connectivity index (χ0) is 13.2. The highest BCUT2D eigenvalue weighted by atomic mass is 35.5. The van der Waals surface area contributed by atoms with Gasteiger partial charge in [-0.25, -0.2) is 0 Å². The molecular formula is C10H14ClF3N4O. The zero-order valence-corrected chi connectivity index (χ0v) is 10.7. The molecule has 1 atom stereocenters. The van der Waals surface area contributed by atoms with E-state index in [1.54, 1.807) is 0 Å². The number of halogens is 4. The third-order valence-corrected chi connectivity index (χ3v) is 2.61. The summed E-state index contributed by atoms with van der Waals surface area (Å²) >= 11 is 0. The quantitative estimate of drug-likeness (QED) is 0.890. The van der Waals surface area contributed by atoms with Crippen molar-refractivity contribution < 1.29 is 18.0 Å². The summed E-state index contributed by atoms with van der Waals surface area (Å²) in [5.74, 6) is -0.122. The lowest BCUT2D eigenvalue weighted by molar-refractivity contribution is -0.142. The molecule has 1 amide bonds. The summed E-state index contributed by atoms with van der Waals surface area (Å²) < 4.78 is 37.0. The number of anilines is 1. The molecule has 1 fully saturated rings. The fourth-order valence-corrected chi connectivity index (χ4v) is 1.82. The van der Waals surface area contributed by atoms with Gasteiger partial charge in [0.2, 0.25) is 5.91 Å². The van der Waals surface area contributed by atoms with Gasteiger partial charge in [0, 0.05) is 12.3 Å². The van der Waals surface area contributed by atoms with E-state index in [1.807, 2.05) is 0 Å². The average Bonchev–Trinajstić information content (AvgIpc) is 2.86. The minimum Gasteiger partial charge on any atom is -0.308 e. The fourth-order valence-electron chi connectivity index (χ4n) is 1.82. The highest BCUT2D eigenvalue weighted by molar-refractivity contribution is 5.94. The molecule has 0 saturated carbocycles. The number of hydrogen-bond acceptors (Lipinski definition) is 3. The summed E-state index contributed by atoms with van der Waals surface area (Å²) in [7, 11) is 0. The van der Waals surface area contributed by atoms with Crippen molar-refractivity contribution in [1.29, 1.82) is 0 Å². The average molecular weight is 299 g/mol. The van der Waals surface area contributed by atoms with E-state index < -0.39 is 12.7 Å². The third-order valence-electron chi connectivity index (χ3n) is 2.61. The van der Waals surface area contributed by atoms with E-state index in [0.717, 1.165) is 24.1 Å². The van der Waals surface area contributed by atoms with Crippen LogP contribution >= 0.6 is 12.4 Å². The number of hydrogen-bond donors (Lipinski definition) is 2. The maximum Gasteiger partial charge on any atom is 0.408 e. The van der Waals surface area contributed by atoms with Crippen molar-refractivity contribution in [2.45, 2.75) is 31.6 Å². The first-order valence-corrected chi connectivity index (χ1v) is 5.58. The molecule has 0 radical (unpaired) electrons. The highest BCUT2D eigenvalue weighted by Gasteiger charge is 2.28. The number of carbonyl (C=O) groups excluding carboxylic acids is 1. The van der Waals surface area contributed by atoms with Crippen molar-refractivity contribution in [2.24, 2.45) is 0 Å². The molecule has 0 aromatic carbocycles. The van der Waals surface area contributed by atoms with E-state index in [1.165, 1.54) is 12.3 Å². The van der Waals surface area contributed by atoms with E-state index in [-0.39, 0.29) is 30.2 Å². The van der Waals surface area contributed by atoms with Crippen molar-refractivity contribution in [2.75, 3.05) is 11.9 Å². The molecule has 1 aromatic rings. The second-order valence-corrected chi connectivity index (χ2v) is 4.15. The second kappa shape index (κ2) is 6.25. The molecule has 2 rings (SSSR count). The van der Waals surface area contributed by atoms with Crippen LogP contribution in [0.4, 0.5) is 19.0 Å². The monoisotopic (exact) mass is 298 g/mol. The summed E-state index contributed by atoms with van der Waals surface area (Å²) in [5, 5.41) is 9.13. The topological polar surface area (TPSA) is 59.0 Å². The summed E-state index contributed by atoms with van der Waals surface area (Å²) in [5.41, 5.74) is 0. The molecule has 1 unspecified atom stereocenters. The molecule has 2 heterocycles. The van der Waals surface area contributed by atoms with Crippen LogP contribution in [0.2, 0.25) is 0 Å². The van der Waals surface area contributed by atoms with E-state index in [4.69, 9.17) is 0 Å². The van der Waals surface area contributed by atoms with E-state index in [9.17, 15) is 18.0 Å². The minimum absolute atomic E-state index is 0. The molecule has 9 heteroatoms. The molecule has 1 aliphatic rings. The van der Waals surface area contributed by atoms with Crippen LogP contribution in [0.5, 0.6) is 0 Å². The summed E-state index contributed by atoms with van der Waals surface area (Å²) in [6.07, 6.45) is -1.48. The lowest BCUT2D eigenvalue weighted by Crippen LogP contribution is -2.35. The van der Waals surface area contributed by atoms with Crippen LogP contribution in [-0.2, 0) is 11.3 Å². The largest absolute Gasteiger partial charge is 0.408 e. The van der Waals surface area contributed by atoms with Crippen molar-refractivity contribution in [3.05, 3.63) is 12.3 Å². The molecule has 2 N–H and O–H groups in total. The predicted octanol–water partition coefficient (Wildman–Crippen LogP) is 1.56. The van der Waals surface area contributed by atoms with Crippen LogP contribution in [-0.4, -0.2) is 34.5 Å². The number of carbonyl (C=O) groups is 1. The normalized spacial score (nSPS) is 19.0. The number of aromatic nitrogens is 2. The standard InChI is InChI=1S/C10H13F3N4O.ClH/c11-10(12,13)6-17-5-3-8(16-17)15-9(18)7-2-1-4-14-7;/h3,5,7,14H,1-2,4,6H2,(H,15,16,18);1H. The molecule has 108 valence electrons. The highest BCUT2D eigenvalue weighted by Crippen LogP contribution is 2.17. The van der Waals surface area contributed by atoms with E-state index >= 15 is 0 Å². The van der Waals surface area contributed by atoms with Gasteiger partial charge in [0.15, 0.2) is 5.82 Å². The predicted molar refractivity (Wildman–Crippen MR) is 65.2 cm³/mol. The lowest BCUT2D eigenvalue weighted by atomic mass is 10.2. The van der Waals surface area contributed by atoms with Gasteiger partial charge in [0.1, 0.15) is 6.54 Å². The summed E-state index contributed by atoms with van der Waals surface area (Å²) in [6.45, 7) is -0.384. The lowest BCUT2D eigenvalue weighted by Gasteiger charge is -2.09. The van der Waals surface area contributed by atoms with Crippen molar-refractivity contribution >= 4 is 24.1 Å². The molecule has 1 saturated heterocycles. The Labute approximate surface area is 113 Å². The Bertz CT molecular complexity index is 429. The Morgan fingerprint density at radius 1 is 1.58 bits per heavy atom. The van der Waals surface area contributed by atoms with Gasteiger partial charge in [0.05, 0.1) is 6.04 Å². The van der Waals surface area contributed by atoms with Gasteiger partial charge in [-0.05, 0) is 19.4 Å². The van der Waals surface area contributed by atoms with Gasteiger partial charge in [-0.3, -0.25) is 9.48 Å². The van der Waals surface area contributed by atoms with Gasteiger partial charge < -0.3 is 10.6 Å². The maximum absolute atomic E-state index is 12.1. The Morgan fingerprint density at radius 3 is 2.89 bits per heavy atom. The van der Waals surface area contributed by atoms with Crippen molar-refractivity contribution in [3.63, 3.8) is 0 Å². The van der Waals surface area contributed by atoms with Gasteiger partial charge in [-0.15, -0.1) is 12.4 Å². The molecule has 0 aliphatic carbocycles. The fraction of sp³-hybridized carbons (Fsp3) is 0.600. The first-order chi connectivity index (χ1) is 8.44.